The molecule has 0 saturated carbocycles. The van der Waals surface area contributed by atoms with Gasteiger partial charge in [0.15, 0.2) is 5.65 Å². The molecule has 114 valence electrons. The first-order chi connectivity index (χ1) is 11.1. The van der Waals surface area contributed by atoms with Crippen LogP contribution in [0.3, 0.4) is 0 Å². The van der Waals surface area contributed by atoms with Gasteiger partial charge in [-0.15, -0.1) is 11.3 Å². The second-order valence-corrected chi connectivity index (χ2v) is 6.07. The van der Waals surface area contributed by atoms with Gasteiger partial charge in [-0.1, -0.05) is 0 Å². The lowest BCUT2D eigenvalue weighted by Gasteiger charge is -1.99. The Morgan fingerprint density at radius 3 is 2.78 bits per heavy atom. The van der Waals surface area contributed by atoms with E-state index < -0.39 is 5.91 Å². The molecule has 0 aromatic carbocycles. The fourth-order valence-corrected chi connectivity index (χ4v) is 3.14. The lowest BCUT2D eigenvalue weighted by molar-refractivity contribution is 0.100. The van der Waals surface area contributed by atoms with E-state index in [9.17, 15) is 4.79 Å². The molecule has 1 amide bonds. The molecule has 0 aliphatic carbocycles. The van der Waals surface area contributed by atoms with Crippen LogP contribution < -0.4 is 5.73 Å². The zero-order valence-electron chi connectivity index (χ0n) is 12.2. The Labute approximate surface area is 135 Å². The number of aromatic nitrogens is 5. The van der Waals surface area contributed by atoms with E-state index in [1.807, 2.05) is 29.4 Å². The number of aryl methyl sites for hydroxylation is 1. The fraction of sp³-hybridized carbons (Fsp3) is 0.0667. The molecule has 4 aromatic rings. The quantitative estimate of drug-likeness (QED) is 0.623. The van der Waals surface area contributed by atoms with Gasteiger partial charge in [0.25, 0.3) is 5.91 Å². The summed E-state index contributed by atoms with van der Waals surface area (Å²) in [4.78, 5) is 20.6. The highest BCUT2D eigenvalue weighted by atomic mass is 32.1. The van der Waals surface area contributed by atoms with Gasteiger partial charge >= 0.3 is 0 Å². The van der Waals surface area contributed by atoms with Crippen LogP contribution in [-0.2, 0) is 7.05 Å². The Bertz CT molecular complexity index is 1030. The van der Waals surface area contributed by atoms with Gasteiger partial charge in [-0.05, 0) is 17.0 Å². The summed E-state index contributed by atoms with van der Waals surface area (Å²) in [5.41, 5.74) is 9.50. The fourth-order valence-electron chi connectivity index (χ4n) is 2.38. The Morgan fingerprint density at radius 2 is 2.09 bits per heavy atom. The number of hydrogen-bond acceptors (Lipinski definition) is 5. The van der Waals surface area contributed by atoms with Gasteiger partial charge < -0.3 is 10.3 Å². The molecule has 4 rings (SSSR count). The molecule has 2 N–H and O–H groups in total. The summed E-state index contributed by atoms with van der Waals surface area (Å²) in [6.45, 7) is 0. The van der Waals surface area contributed by atoms with Crippen molar-refractivity contribution in [2.24, 2.45) is 12.8 Å². The first-order valence-electron chi connectivity index (χ1n) is 6.82. The molecule has 8 heteroatoms. The summed E-state index contributed by atoms with van der Waals surface area (Å²) in [6, 6.07) is 1.76. The number of thiophene rings is 1. The van der Waals surface area contributed by atoms with Crippen LogP contribution >= 0.6 is 11.3 Å². The van der Waals surface area contributed by atoms with Crippen molar-refractivity contribution >= 4 is 22.9 Å². The molecule has 4 heterocycles. The first kappa shape index (κ1) is 13.6. The Morgan fingerprint density at radius 1 is 1.22 bits per heavy atom. The molecule has 0 radical (unpaired) electrons. The van der Waals surface area contributed by atoms with Gasteiger partial charge in [0.05, 0.1) is 23.1 Å². The van der Waals surface area contributed by atoms with Crippen molar-refractivity contribution in [2.45, 2.75) is 0 Å². The van der Waals surface area contributed by atoms with Gasteiger partial charge in [0.2, 0.25) is 0 Å². The minimum Gasteiger partial charge on any atom is -0.365 e. The maximum atomic E-state index is 11.2. The SMILES string of the molecule is Cn1cnc(-c2cnc3c(-c4csc(C(N)=O)c4)cnn3c2)c1. The predicted octanol–water partition coefficient (Wildman–Crippen LogP) is 1.96. The number of hydrogen-bond donors (Lipinski definition) is 1. The van der Waals surface area contributed by atoms with Crippen LogP contribution in [-0.4, -0.2) is 30.1 Å². The highest BCUT2D eigenvalue weighted by Gasteiger charge is 2.13. The van der Waals surface area contributed by atoms with Crippen molar-refractivity contribution in [1.82, 2.24) is 24.1 Å². The van der Waals surface area contributed by atoms with E-state index >= 15 is 0 Å². The van der Waals surface area contributed by atoms with Crippen LogP contribution in [0.25, 0.3) is 28.0 Å². The second kappa shape index (κ2) is 5.03. The molecule has 23 heavy (non-hydrogen) atoms. The summed E-state index contributed by atoms with van der Waals surface area (Å²) in [5, 5.41) is 6.23. The molecule has 0 atom stereocenters. The molecule has 7 nitrogen and oxygen atoms in total. The molecule has 0 saturated heterocycles. The normalized spacial score (nSPS) is 11.2. The van der Waals surface area contributed by atoms with Gasteiger partial charge in [0, 0.05) is 36.8 Å². The summed E-state index contributed by atoms with van der Waals surface area (Å²) >= 11 is 1.32. The Balaban J connectivity index is 1.79. The molecule has 0 aliphatic rings. The van der Waals surface area contributed by atoms with Crippen molar-refractivity contribution in [3.05, 3.63) is 47.4 Å². The number of nitrogens with zero attached hydrogens (tertiary/aromatic N) is 5. The van der Waals surface area contributed by atoms with Gasteiger partial charge in [-0.25, -0.2) is 14.5 Å². The van der Waals surface area contributed by atoms with Gasteiger partial charge in [0.1, 0.15) is 0 Å². The van der Waals surface area contributed by atoms with Crippen molar-refractivity contribution in [3.8, 4) is 22.4 Å². The van der Waals surface area contributed by atoms with Crippen LogP contribution in [0.2, 0.25) is 0 Å². The minimum atomic E-state index is -0.428. The number of carbonyl (C=O) groups excluding carboxylic acids is 1. The van der Waals surface area contributed by atoms with E-state index in [1.165, 1.54) is 11.3 Å². The average molecular weight is 324 g/mol. The number of amides is 1. The molecule has 0 bridgehead atoms. The third-order valence-electron chi connectivity index (χ3n) is 3.51. The Hall–Kier alpha value is -3.00. The zero-order valence-corrected chi connectivity index (χ0v) is 13.0. The summed E-state index contributed by atoms with van der Waals surface area (Å²) in [7, 11) is 1.92. The maximum Gasteiger partial charge on any atom is 0.258 e. The van der Waals surface area contributed by atoms with Crippen molar-refractivity contribution in [3.63, 3.8) is 0 Å². The van der Waals surface area contributed by atoms with Crippen LogP contribution in [0, 0.1) is 0 Å². The largest absolute Gasteiger partial charge is 0.365 e. The van der Waals surface area contributed by atoms with E-state index in [-0.39, 0.29) is 0 Å². The molecule has 0 unspecified atom stereocenters. The molecular formula is C15H12N6OS. The molecule has 0 fully saturated rings. The van der Waals surface area contributed by atoms with Crippen LogP contribution in [0.4, 0.5) is 0 Å². The summed E-state index contributed by atoms with van der Waals surface area (Å²) in [5.74, 6) is -0.428. The predicted molar refractivity (Wildman–Crippen MR) is 87.0 cm³/mol. The number of nitrogens with two attached hydrogens (primary N) is 1. The molecule has 0 spiro atoms. The van der Waals surface area contributed by atoms with E-state index in [0.29, 0.717) is 4.88 Å². The van der Waals surface area contributed by atoms with Crippen molar-refractivity contribution in [1.29, 1.82) is 0 Å². The van der Waals surface area contributed by atoms with Gasteiger partial charge in [-0.3, -0.25) is 4.79 Å². The van der Waals surface area contributed by atoms with E-state index in [2.05, 4.69) is 15.1 Å². The average Bonchev–Trinajstić information content (AvgIpc) is 3.24. The smallest absolute Gasteiger partial charge is 0.258 e. The Kier molecular flexibility index (Phi) is 2.98. The van der Waals surface area contributed by atoms with Crippen molar-refractivity contribution in [2.75, 3.05) is 0 Å². The van der Waals surface area contributed by atoms with E-state index in [1.54, 1.807) is 29.3 Å². The standard InChI is InChI=1S/C15H12N6OS/c1-20-6-12(18-8-20)10-3-17-15-11(4-19-21(15)5-10)9-2-13(14(16)22)23-7-9/h2-8H,1H3,(H2,16,22). The topological polar surface area (TPSA) is 91.1 Å². The number of imidazole rings is 1. The second-order valence-electron chi connectivity index (χ2n) is 5.16. The number of carbonyl (C=O) groups is 1. The lowest BCUT2D eigenvalue weighted by atomic mass is 10.2. The monoisotopic (exact) mass is 324 g/mol. The third-order valence-corrected chi connectivity index (χ3v) is 4.46. The summed E-state index contributed by atoms with van der Waals surface area (Å²) in [6.07, 6.45) is 9.05. The molecule has 0 aliphatic heterocycles. The van der Waals surface area contributed by atoms with Crippen molar-refractivity contribution < 1.29 is 4.79 Å². The van der Waals surface area contributed by atoms with Crippen LogP contribution in [0.5, 0.6) is 0 Å². The van der Waals surface area contributed by atoms with Crippen LogP contribution in [0.1, 0.15) is 9.67 Å². The molecular weight excluding hydrogens is 312 g/mol. The number of fused-ring (bicyclic) bond motifs is 1. The minimum absolute atomic E-state index is 0.428. The molecule has 4 aromatic heterocycles. The lowest BCUT2D eigenvalue weighted by Crippen LogP contribution is -2.08. The highest BCUT2D eigenvalue weighted by Crippen LogP contribution is 2.28. The number of primary amides is 1. The van der Waals surface area contributed by atoms with E-state index in [4.69, 9.17) is 5.73 Å². The third kappa shape index (κ3) is 2.29. The van der Waals surface area contributed by atoms with E-state index in [0.717, 1.165) is 28.0 Å². The first-order valence-corrected chi connectivity index (χ1v) is 7.70. The zero-order chi connectivity index (χ0) is 16.0. The number of rotatable bonds is 3. The summed E-state index contributed by atoms with van der Waals surface area (Å²) < 4.78 is 3.59. The maximum absolute atomic E-state index is 11.2. The van der Waals surface area contributed by atoms with Crippen LogP contribution in [0.15, 0.2) is 42.6 Å². The van der Waals surface area contributed by atoms with Gasteiger partial charge in [-0.2, -0.15) is 5.10 Å². The highest BCUT2D eigenvalue weighted by molar-refractivity contribution is 7.12.